The number of nitrogens with zero attached hydrogens (tertiary/aromatic N) is 2. The van der Waals surface area contributed by atoms with Crippen molar-refractivity contribution < 1.29 is 0 Å². The molecule has 0 saturated carbocycles. The van der Waals surface area contributed by atoms with Crippen LogP contribution in [0.1, 0.15) is 79.6 Å². The van der Waals surface area contributed by atoms with Gasteiger partial charge in [0.25, 0.3) is 0 Å². The van der Waals surface area contributed by atoms with Crippen LogP contribution in [0.5, 0.6) is 0 Å². The summed E-state index contributed by atoms with van der Waals surface area (Å²) in [6.07, 6.45) is 15.9. The van der Waals surface area contributed by atoms with E-state index < -0.39 is 5.41 Å². The standard InChI is InChI=1S/C104H70N2/c1-5-25-73(26-6-1)101-89-61-53-71(47-45-69-49-55-77(56-50-69)105(75-29-9-3-10-30-75)79-59-63-87-85-37-17-23-43-97(85)103(99(87)67-79)93-39-19-13-33-81(93)82-34-14-20-40-94(82)103)65-91(89)92-66-72(54-62-90(92)102(101)74-27-7-2-8-28-74)48-46-70-51-57-78(58-52-70)106(76-31-11-4-12-32-76)80-60-64-88-86-38-18-24-44-98(86)104(100(88)68-80)95-41-21-15-35-83(95)84-36-16-22-42-96(84)104/h1-21,23-41,43-68H,22,42H2/b47-45+,48-46+. The molecule has 0 N–H and O–H groups in total. The minimum atomic E-state index is -0.443. The molecule has 0 fully saturated rings. The van der Waals surface area contributed by atoms with E-state index in [1.54, 1.807) is 0 Å². The lowest BCUT2D eigenvalue weighted by molar-refractivity contribution is 0.714. The van der Waals surface area contributed by atoms with Crippen molar-refractivity contribution in [3.05, 3.63) is 448 Å². The maximum Gasteiger partial charge on any atom is 0.0726 e. The van der Waals surface area contributed by atoms with Crippen LogP contribution in [0.2, 0.25) is 0 Å². The summed E-state index contributed by atoms with van der Waals surface area (Å²) in [5, 5.41) is 4.85. The van der Waals surface area contributed by atoms with E-state index in [4.69, 9.17) is 0 Å². The van der Waals surface area contributed by atoms with Gasteiger partial charge in [0.15, 0.2) is 0 Å². The zero-order chi connectivity index (χ0) is 69.9. The lowest BCUT2D eigenvalue weighted by Gasteiger charge is -2.34. The molecule has 0 bridgehead atoms. The Bertz CT molecular complexity index is 6290. The van der Waals surface area contributed by atoms with E-state index in [1.165, 1.54) is 133 Å². The van der Waals surface area contributed by atoms with Crippen molar-refractivity contribution in [2.75, 3.05) is 9.80 Å². The summed E-state index contributed by atoms with van der Waals surface area (Å²) < 4.78 is 0. The highest BCUT2D eigenvalue weighted by Gasteiger charge is 2.54. The van der Waals surface area contributed by atoms with E-state index in [0.29, 0.717) is 0 Å². The topological polar surface area (TPSA) is 6.48 Å². The van der Waals surface area contributed by atoms with Gasteiger partial charge in [-0.2, -0.15) is 0 Å². The van der Waals surface area contributed by atoms with Crippen LogP contribution < -0.4 is 9.80 Å². The summed E-state index contributed by atoms with van der Waals surface area (Å²) in [6, 6.07) is 136. The fraction of sp³-hybridized carbons (Fsp3) is 0.0385. The van der Waals surface area contributed by atoms with Crippen LogP contribution in [0, 0.1) is 0 Å². The Balaban J connectivity index is 0.629. The van der Waals surface area contributed by atoms with Gasteiger partial charge in [-0.3, -0.25) is 0 Å². The van der Waals surface area contributed by atoms with Gasteiger partial charge in [0.05, 0.1) is 10.8 Å². The Kier molecular flexibility index (Phi) is 14.3. The van der Waals surface area contributed by atoms with Crippen molar-refractivity contribution in [1.29, 1.82) is 0 Å². The molecular weight excluding hydrogens is 1280 g/mol. The van der Waals surface area contributed by atoms with E-state index in [0.717, 1.165) is 69.2 Å². The number of hydrogen-bond donors (Lipinski definition) is 0. The second-order valence-electron chi connectivity index (χ2n) is 28.8. The minimum Gasteiger partial charge on any atom is -0.310 e. The van der Waals surface area contributed by atoms with Crippen LogP contribution in [0.15, 0.2) is 382 Å². The summed E-state index contributed by atoms with van der Waals surface area (Å²) in [7, 11) is 0. The van der Waals surface area contributed by atoms with Gasteiger partial charge in [-0.1, -0.05) is 316 Å². The normalized spacial score (nSPS) is 15.1. The largest absolute Gasteiger partial charge is 0.310 e. The van der Waals surface area contributed by atoms with Crippen LogP contribution in [0.4, 0.5) is 34.1 Å². The Morgan fingerprint density at radius 2 is 0.557 bits per heavy atom. The molecule has 496 valence electrons. The predicted octanol–water partition coefficient (Wildman–Crippen LogP) is 27.4. The van der Waals surface area contributed by atoms with Crippen molar-refractivity contribution >= 4 is 85.5 Å². The van der Waals surface area contributed by atoms with Crippen molar-refractivity contribution in [1.82, 2.24) is 0 Å². The average molecular weight is 1350 g/mol. The Morgan fingerprint density at radius 3 is 0.991 bits per heavy atom. The molecule has 2 heteroatoms. The monoisotopic (exact) mass is 1350 g/mol. The van der Waals surface area contributed by atoms with E-state index in [2.05, 4.69) is 410 Å². The SMILES string of the molecule is C1=CC2=C(CC1)C1(c3ccccc32)c2ccccc2-c2ccc(N(c3ccccc3)c3ccc(/C=C/c4ccc5c(-c6ccccc6)c(-c6ccccc6)c6ccc(/C=C/c7ccc(N(c8ccccc8)c8ccc9c(c8)C8(c%10ccccc%10-c%10ccccc%108)c8ccccc8-9)cc7)cc6c5c4)cc3)cc21. The smallest absolute Gasteiger partial charge is 0.0726 e. The van der Waals surface area contributed by atoms with E-state index in [-0.39, 0.29) is 5.41 Å². The van der Waals surface area contributed by atoms with E-state index in [9.17, 15) is 0 Å². The summed E-state index contributed by atoms with van der Waals surface area (Å²) in [4.78, 5) is 4.85. The van der Waals surface area contributed by atoms with Crippen LogP contribution in [-0.4, -0.2) is 0 Å². The third kappa shape index (κ3) is 9.37. The molecule has 0 amide bonds. The number of para-hydroxylation sites is 2. The molecular formula is C104H70N2. The predicted molar refractivity (Wildman–Crippen MR) is 446 cm³/mol. The fourth-order valence-corrected chi connectivity index (χ4v) is 19.0. The van der Waals surface area contributed by atoms with Gasteiger partial charge in [-0.25, -0.2) is 0 Å². The molecule has 2 spiro atoms. The molecule has 1 unspecified atom stereocenters. The molecule has 0 aromatic heterocycles. The number of benzene rings is 16. The number of anilines is 6. The van der Waals surface area contributed by atoms with Crippen LogP contribution in [0.25, 0.3) is 107 Å². The van der Waals surface area contributed by atoms with Gasteiger partial charge < -0.3 is 9.80 Å². The van der Waals surface area contributed by atoms with Crippen LogP contribution >= 0.6 is 0 Å². The van der Waals surface area contributed by atoms with Crippen molar-refractivity contribution in [2.45, 2.75) is 23.7 Å². The lowest BCUT2D eigenvalue weighted by Crippen LogP contribution is -2.28. The molecule has 5 aliphatic carbocycles. The Hall–Kier alpha value is -13.4. The van der Waals surface area contributed by atoms with Gasteiger partial charge in [-0.15, -0.1) is 0 Å². The first-order chi connectivity index (χ1) is 52.6. The molecule has 0 saturated heterocycles. The first kappa shape index (κ1) is 61.3. The number of hydrogen-bond acceptors (Lipinski definition) is 2. The maximum atomic E-state index is 2.51. The Labute approximate surface area is 619 Å². The fourth-order valence-electron chi connectivity index (χ4n) is 19.0. The van der Waals surface area contributed by atoms with Gasteiger partial charge in [0.2, 0.25) is 0 Å². The van der Waals surface area contributed by atoms with Gasteiger partial charge in [0.1, 0.15) is 0 Å². The summed E-state index contributed by atoms with van der Waals surface area (Å²) in [5.41, 5.74) is 36.8. The molecule has 21 rings (SSSR count). The van der Waals surface area contributed by atoms with E-state index in [1.807, 2.05) is 0 Å². The van der Waals surface area contributed by atoms with Gasteiger partial charge in [0, 0.05) is 34.1 Å². The molecule has 5 aliphatic rings. The summed E-state index contributed by atoms with van der Waals surface area (Å²) >= 11 is 0. The Morgan fingerprint density at radius 1 is 0.236 bits per heavy atom. The average Bonchev–Trinajstić information content (AvgIpc) is 1.53. The number of allylic oxidation sites excluding steroid dienone is 4. The van der Waals surface area contributed by atoms with Crippen LogP contribution in [0.3, 0.4) is 0 Å². The lowest BCUT2D eigenvalue weighted by atomic mass is 9.68. The molecule has 16 aromatic rings. The van der Waals surface area contributed by atoms with Crippen LogP contribution in [-0.2, 0) is 10.8 Å². The molecule has 0 aliphatic heterocycles. The van der Waals surface area contributed by atoms with Gasteiger partial charge in [-0.05, 0) is 253 Å². The first-order valence-electron chi connectivity index (χ1n) is 37.2. The zero-order valence-electron chi connectivity index (χ0n) is 58.4. The maximum absolute atomic E-state index is 2.51. The third-order valence-corrected chi connectivity index (χ3v) is 23.3. The van der Waals surface area contributed by atoms with Crippen molar-refractivity contribution in [2.24, 2.45) is 0 Å². The molecule has 0 radical (unpaired) electrons. The number of rotatable bonds is 12. The second-order valence-corrected chi connectivity index (χ2v) is 28.8. The van der Waals surface area contributed by atoms with Crippen molar-refractivity contribution in [3.8, 4) is 55.6 Å². The zero-order valence-corrected chi connectivity index (χ0v) is 58.4. The van der Waals surface area contributed by atoms with Crippen molar-refractivity contribution in [3.63, 3.8) is 0 Å². The quantitative estimate of drug-likeness (QED) is 0.0888. The minimum absolute atomic E-state index is 0.358. The highest BCUT2D eigenvalue weighted by atomic mass is 15.1. The number of fused-ring (bicyclic) bond motifs is 22. The summed E-state index contributed by atoms with van der Waals surface area (Å²) in [6.45, 7) is 0. The highest BCUT2D eigenvalue weighted by molar-refractivity contribution is 6.22. The van der Waals surface area contributed by atoms with E-state index >= 15 is 0 Å². The molecule has 0 heterocycles. The summed E-state index contributed by atoms with van der Waals surface area (Å²) in [5.74, 6) is 0. The molecule has 106 heavy (non-hydrogen) atoms. The molecule has 16 aromatic carbocycles. The second kappa shape index (κ2) is 24.7. The first-order valence-corrected chi connectivity index (χ1v) is 37.2. The molecule has 2 nitrogen and oxygen atoms in total. The molecule has 1 atom stereocenters. The highest BCUT2D eigenvalue weighted by Crippen LogP contribution is 2.66. The third-order valence-electron chi connectivity index (χ3n) is 23.3. The van der Waals surface area contributed by atoms with Gasteiger partial charge >= 0.3 is 0 Å².